The molecule has 0 aliphatic rings. The minimum atomic E-state index is 0.340. The lowest BCUT2D eigenvalue weighted by atomic mass is 10.2. The molecule has 0 atom stereocenters. The van der Waals surface area contributed by atoms with Gasteiger partial charge in [-0.3, -0.25) is 0 Å². The number of nitrogens with zero attached hydrogens (tertiary/aromatic N) is 3. The molecule has 1 aromatic carbocycles. The first-order valence-corrected chi connectivity index (χ1v) is 6.61. The van der Waals surface area contributed by atoms with Gasteiger partial charge in [-0.1, -0.05) is 44.8 Å². The third-order valence-corrected chi connectivity index (χ3v) is 3.29. The van der Waals surface area contributed by atoms with Crippen molar-refractivity contribution in [2.24, 2.45) is 0 Å². The van der Waals surface area contributed by atoms with Crippen LogP contribution in [-0.2, 0) is 0 Å². The molecule has 4 nitrogen and oxygen atoms in total. The molecule has 2 aromatic heterocycles. The Balaban J connectivity index is 2.03. The smallest absolute Gasteiger partial charge is 0.261 e. The number of pyridine rings is 1. The maximum absolute atomic E-state index is 5.99. The fourth-order valence-electron chi connectivity index (χ4n) is 1.62. The molecule has 3 rings (SSSR count). The van der Waals surface area contributed by atoms with Crippen molar-refractivity contribution in [3.05, 3.63) is 52.2 Å². The van der Waals surface area contributed by atoms with Crippen LogP contribution in [0.25, 0.3) is 22.8 Å². The lowest BCUT2D eigenvalue weighted by Crippen LogP contribution is -1.83. The highest BCUT2D eigenvalue weighted by Crippen LogP contribution is 2.27. The normalized spacial score (nSPS) is 10.6. The minimum Gasteiger partial charge on any atom is -0.333 e. The van der Waals surface area contributed by atoms with Crippen LogP contribution in [-0.4, -0.2) is 15.1 Å². The SMILES string of the molecule is Clc1ncccc1-c1nc(-c2cccc(Br)c2)no1. The molecule has 0 bridgehead atoms. The lowest BCUT2D eigenvalue weighted by molar-refractivity contribution is 0.432. The largest absolute Gasteiger partial charge is 0.333 e. The molecule has 0 N–H and O–H groups in total. The molecular formula is C13H7BrClN3O. The summed E-state index contributed by atoms with van der Waals surface area (Å²) in [6.45, 7) is 0. The predicted octanol–water partition coefficient (Wildman–Crippen LogP) is 4.21. The van der Waals surface area contributed by atoms with Crippen LogP contribution < -0.4 is 0 Å². The highest BCUT2D eigenvalue weighted by atomic mass is 79.9. The Morgan fingerprint density at radius 1 is 1.16 bits per heavy atom. The molecule has 0 fully saturated rings. The second kappa shape index (κ2) is 5.11. The van der Waals surface area contributed by atoms with Crippen molar-refractivity contribution in [2.75, 3.05) is 0 Å². The zero-order chi connectivity index (χ0) is 13.2. The molecule has 0 saturated carbocycles. The first-order chi connectivity index (χ1) is 9.24. The van der Waals surface area contributed by atoms with Crippen molar-refractivity contribution in [3.8, 4) is 22.8 Å². The molecule has 19 heavy (non-hydrogen) atoms. The van der Waals surface area contributed by atoms with Gasteiger partial charge in [0.15, 0.2) is 0 Å². The van der Waals surface area contributed by atoms with E-state index in [0.717, 1.165) is 10.0 Å². The maximum Gasteiger partial charge on any atom is 0.261 e. The van der Waals surface area contributed by atoms with E-state index in [1.54, 1.807) is 18.3 Å². The number of aromatic nitrogens is 3. The van der Waals surface area contributed by atoms with Crippen molar-refractivity contribution in [1.82, 2.24) is 15.1 Å². The first kappa shape index (κ1) is 12.3. The van der Waals surface area contributed by atoms with Gasteiger partial charge in [0, 0.05) is 16.2 Å². The molecule has 3 aromatic rings. The van der Waals surface area contributed by atoms with Gasteiger partial charge in [-0.2, -0.15) is 4.98 Å². The van der Waals surface area contributed by atoms with Crippen LogP contribution in [0.5, 0.6) is 0 Å². The fourth-order valence-corrected chi connectivity index (χ4v) is 2.22. The van der Waals surface area contributed by atoms with Crippen molar-refractivity contribution in [3.63, 3.8) is 0 Å². The number of hydrogen-bond acceptors (Lipinski definition) is 4. The van der Waals surface area contributed by atoms with Gasteiger partial charge in [0.05, 0.1) is 5.56 Å². The Morgan fingerprint density at radius 2 is 2.05 bits per heavy atom. The van der Waals surface area contributed by atoms with Crippen molar-refractivity contribution in [2.45, 2.75) is 0 Å². The maximum atomic E-state index is 5.99. The van der Waals surface area contributed by atoms with Gasteiger partial charge in [0.2, 0.25) is 5.82 Å². The predicted molar refractivity (Wildman–Crippen MR) is 75.7 cm³/mol. The van der Waals surface area contributed by atoms with E-state index in [0.29, 0.717) is 22.4 Å². The zero-order valence-electron chi connectivity index (χ0n) is 9.55. The van der Waals surface area contributed by atoms with Crippen LogP contribution >= 0.6 is 27.5 Å². The Bertz CT molecular complexity index is 729. The van der Waals surface area contributed by atoms with Crippen LogP contribution in [0, 0.1) is 0 Å². The summed E-state index contributed by atoms with van der Waals surface area (Å²) in [7, 11) is 0. The second-order valence-corrected chi connectivity index (χ2v) is 5.05. The van der Waals surface area contributed by atoms with E-state index in [2.05, 4.69) is 31.1 Å². The van der Waals surface area contributed by atoms with Crippen LogP contribution in [0.1, 0.15) is 0 Å². The van der Waals surface area contributed by atoms with Crippen molar-refractivity contribution >= 4 is 27.5 Å². The monoisotopic (exact) mass is 335 g/mol. The van der Waals surface area contributed by atoms with Crippen molar-refractivity contribution in [1.29, 1.82) is 0 Å². The molecule has 94 valence electrons. The molecule has 0 amide bonds. The zero-order valence-corrected chi connectivity index (χ0v) is 11.9. The Kier molecular flexibility index (Phi) is 3.31. The quantitative estimate of drug-likeness (QED) is 0.658. The molecule has 0 spiro atoms. The molecule has 0 radical (unpaired) electrons. The molecule has 0 saturated heterocycles. The van der Waals surface area contributed by atoms with Gasteiger partial charge in [0.1, 0.15) is 5.15 Å². The minimum absolute atomic E-state index is 0.340. The van der Waals surface area contributed by atoms with Crippen LogP contribution in [0.4, 0.5) is 0 Å². The van der Waals surface area contributed by atoms with E-state index in [-0.39, 0.29) is 0 Å². The third-order valence-electron chi connectivity index (χ3n) is 2.50. The van der Waals surface area contributed by atoms with Gasteiger partial charge in [0.25, 0.3) is 5.89 Å². The van der Waals surface area contributed by atoms with E-state index in [4.69, 9.17) is 16.1 Å². The van der Waals surface area contributed by atoms with Crippen LogP contribution in [0.3, 0.4) is 0 Å². The van der Waals surface area contributed by atoms with Gasteiger partial charge in [-0.15, -0.1) is 0 Å². The molecular weight excluding hydrogens is 330 g/mol. The molecule has 0 aliphatic carbocycles. The van der Waals surface area contributed by atoms with Gasteiger partial charge in [-0.05, 0) is 24.3 Å². The summed E-state index contributed by atoms with van der Waals surface area (Å²) in [5, 5.41) is 4.29. The standard InChI is InChI=1S/C13H7BrClN3O/c14-9-4-1-3-8(7-9)12-17-13(19-18-12)10-5-2-6-16-11(10)15/h1-7H. The summed E-state index contributed by atoms with van der Waals surface area (Å²) in [4.78, 5) is 8.31. The second-order valence-electron chi connectivity index (χ2n) is 3.78. The average molecular weight is 337 g/mol. The Labute approximate surface area is 122 Å². The van der Waals surface area contributed by atoms with Crippen LogP contribution in [0.15, 0.2) is 51.6 Å². The third kappa shape index (κ3) is 2.52. The van der Waals surface area contributed by atoms with Crippen LogP contribution in [0.2, 0.25) is 5.15 Å². The van der Waals surface area contributed by atoms with Gasteiger partial charge in [-0.25, -0.2) is 4.98 Å². The van der Waals surface area contributed by atoms with Gasteiger partial charge >= 0.3 is 0 Å². The summed E-state index contributed by atoms with van der Waals surface area (Å²) >= 11 is 9.40. The Morgan fingerprint density at radius 3 is 2.84 bits per heavy atom. The summed E-state index contributed by atoms with van der Waals surface area (Å²) in [6, 6.07) is 11.2. The first-order valence-electron chi connectivity index (χ1n) is 5.44. The summed E-state index contributed by atoms with van der Waals surface area (Å²) in [5.41, 5.74) is 1.49. The molecule has 6 heteroatoms. The summed E-state index contributed by atoms with van der Waals surface area (Å²) < 4.78 is 6.18. The van der Waals surface area contributed by atoms with E-state index >= 15 is 0 Å². The number of benzene rings is 1. The summed E-state index contributed by atoms with van der Waals surface area (Å²) in [6.07, 6.45) is 1.61. The van der Waals surface area contributed by atoms with E-state index in [9.17, 15) is 0 Å². The number of halogens is 2. The Hall–Kier alpha value is -1.72. The van der Waals surface area contributed by atoms with Crippen molar-refractivity contribution < 1.29 is 4.52 Å². The fraction of sp³-hybridized carbons (Fsp3) is 0. The number of rotatable bonds is 2. The summed E-state index contributed by atoms with van der Waals surface area (Å²) in [5.74, 6) is 0.865. The lowest BCUT2D eigenvalue weighted by Gasteiger charge is -1.95. The topological polar surface area (TPSA) is 51.8 Å². The molecule has 0 aliphatic heterocycles. The highest BCUT2D eigenvalue weighted by molar-refractivity contribution is 9.10. The molecule has 2 heterocycles. The number of hydrogen-bond donors (Lipinski definition) is 0. The highest BCUT2D eigenvalue weighted by Gasteiger charge is 2.13. The van der Waals surface area contributed by atoms with Gasteiger partial charge < -0.3 is 4.52 Å². The average Bonchev–Trinajstić information content (AvgIpc) is 2.89. The molecule has 0 unspecified atom stereocenters. The van der Waals surface area contributed by atoms with E-state index < -0.39 is 0 Å². The van der Waals surface area contributed by atoms with E-state index in [1.807, 2.05) is 24.3 Å². The van der Waals surface area contributed by atoms with E-state index in [1.165, 1.54) is 0 Å².